The molecule has 32 heavy (non-hydrogen) atoms. The van der Waals surface area contributed by atoms with Crippen molar-refractivity contribution in [3.8, 4) is 11.5 Å². The molecule has 0 fully saturated rings. The zero-order valence-electron chi connectivity index (χ0n) is 16.3. The van der Waals surface area contributed by atoms with Gasteiger partial charge in [0.15, 0.2) is 0 Å². The highest BCUT2D eigenvalue weighted by atomic mass is 35.5. The molecule has 4 aromatic rings. The van der Waals surface area contributed by atoms with Crippen LogP contribution in [0.5, 0.6) is 11.5 Å². The van der Waals surface area contributed by atoms with Crippen LogP contribution in [0.1, 0.15) is 21.6 Å². The first kappa shape index (κ1) is 21.5. The molecular weight excluding hydrogens is 453 g/mol. The van der Waals surface area contributed by atoms with E-state index in [1.54, 1.807) is 36.4 Å². The summed E-state index contributed by atoms with van der Waals surface area (Å²) in [5.74, 6) is -1.47. The Morgan fingerprint density at radius 1 is 0.906 bits per heavy atom. The molecule has 0 unspecified atom stereocenters. The van der Waals surface area contributed by atoms with Crippen molar-refractivity contribution in [3.05, 3.63) is 93.6 Å². The summed E-state index contributed by atoms with van der Waals surface area (Å²) in [6.07, 6.45) is 1.28. The fraction of sp³-hybridized carbons (Fsp3) is 0. The van der Waals surface area contributed by atoms with Crippen molar-refractivity contribution in [1.82, 2.24) is 4.98 Å². The molecule has 0 amide bonds. The molecule has 0 bridgehead atoms. The fourth-order valence-corrected chi connectivity index (χ4v) is 3.95. The first-order valence-corrected chi connectivity index (χ1v) is 10.1. The number of nitrogens with one attached hydrogen (secondary N) is 1. The maximum absolute atomic E-state index is 12.1. The number of para-hydroxylation sites is 1. The zero-order valence-corrected chi connectivity index (χ0v) is 17.8. The summed E-state index contributed by atoms with van der Waals surface area (Å²) in [5, 5.41) is 20.4. The number of aromatic amines is 1. The Morgan fingerprint density at radius 3 is 2.31 bits per heavy atom. The smallest absolute Gasteiger partial charge is 0.352 e. The van der Waals surface area contributed by atoms with E-state index in [1.807, 2.05) is 18.2 Å². The van der Waals surface area contributed by atoms with Gasteiger partial charge in [0, 0.05) is 21.5 Å². The number of halogens is 2. The molecule has 0 aliphatic carbocycles. The number of fused-ring (bicyclic) bond motifs is 1. The number of aliphatic carboxylic acids is 1. The number of aromatic carboxylic acids is 1. The summed E-state index contributed by atoms with van der Waals surface area (Å²) in [7, 11) is 0. The highest BCUT2D eigenvalue weighted by Gasteiger charge is 2.21. The number of hydrogen-bond acceptors (Lipinski definition) is 3. The average Bonchev–Trinajstić information content (AvgIpc) is 3.11. The van der Waals surface area contributed by atoms with E-state index >= 15 is 0 Å². The highest BCUT2D eigenvalue weighted by Crippen LogP contribution is 2.35. The number of benzene rings is 3. The Balaban J connectivity index is 1.86. The Kier molecular flexibility index (Phi) is 5.90. The van der Waals surface area contributed by atoms with E-state index in [4.69, 9.17) is 27.9 Å². The van der Waals surface area contributed by atoms with Crippen LogP contribution in [-0.2, 0) is 4.79 Å². The van der Waals surface area contributed by atoms with Crippen LogP contribution in [0.4, 0.5) is 0 Å². The normalized spacial score (nSPS) is 11.5. The van der Waals surface area contributed by atoms with Crippen LogP contribution < -0.4 is 4.74 Å². The van der Waals surface area contributed by atoms with Gasteiger partial charge in [-0.05, 0) is 48.0 Å². The molecule has 1 aromatic heterocycles. The lowest BCUT2D eigenvalue weighted by Crippen LogP contribution is -2.02. The van der Waals surface area contributed by atoms with Crippen molar-refractivity contribution in [3.63, 3.8) is 0 Å². The molecule has 0 saturated carbocycles. The number of carboxylic acids is 2. The van der Waals surface area contributed by atoms with E-state index < -0.39 is 11.9 Å². The Morgan fingerprint density at radius 2 is 1.62 bits per heavy atom. The number of carboxylic acid groups (broad SMARTS) is 2. The highest BCUT2D eigenvalue weighted by molar-refractivity contribution is 6.39. The zero-order chi connectivity index (χ0) is 22.8. The molecule has 0 radical (unpaired) electrons. The lowest BCUT2D eigenvalue weighted by Gasteiger charge is -2.09. The van der Waals surface area contributed by atoms with E-state index in [9.17, 15) is 19.8 Å². The third kappa shape index (κ3) is 4.32. The van der Waals surface area contributed by atoms with Crippen LogP contribution in [-0.4, -0.2) is 27.1 Å². The molecule has 1 heterocycles. The molecule has 160 valence electrons. The lowest BCUT2D eigenvalue weighted by molar-refractivity contribution is -0.130. The Bertz CT molecular complexity index is 1380. The number of hydrogen-bond donors (Lipinski definition) is 3. The van der Waals surface area contributed by atoms with Gasteiger partial charge in [0.05, 0.1) is 10.6 Å². The molecular formula is C24H15Cl2NO5. The first-order valence-electron chi connectivity index (χ1n) is 9.36. The van der Waals surface area contributed by atoms with Crippen molar-refractivity contribution in [1.29, 1.82) is 0 Å². The minimum absolute atomic E-state index is 0.127. The summed E-state index contributed by atoms with van der Waals surface area (Å²) < 4.78 is 5.79. The van der Waals surface area contributed by atoms with E-state index in [2.05, 4.69) is 4.98 Å². The molecule has 0 aliphatic heterocycles. The summed E-state index contributed by atoms with van der Waals surface area (Å²) >= 11 is 12.3. The van der Waals surface area contributed by atoms with Crippen LogP contribution in [0.25, 0.3) is 22.6 Å². The van der Waals surface area contributed by atoms with Gasteiger partial charge in [0.25, 0.3) is 0 Å². The maximum Gasteiger partial charge on any atom is 0.352 e. The fourth-order valence-electron chi connectivity index (χ4n) is 3.35. The van der Waals surface area contributed by atoms with Crippen molar-refractivity contribution in [2.75, 3.05) is 0 Å². The second kappa shape index (κ2) is 8.78. The minimum atomic E-state index is -1.26. The van der Waals surface area contributed by atoms with Gasteiger partial charge in [0.1, 0.15) is 17.2 Å². The summed E-state index contributed by atoms with van der Waals surface area (Å²) in [6, 6.07) is 18.6. The van der Waals surface area contributed by atoms with Crippen LogP contribution in [0, 0.1) is 0 Å². The van der Waals surface area contributed by atoms with Crippen LogP contribution in [0.15, 0.2) is 66.7 Å². The number of ether oxygens (including phenoxy) is 1. The average molecular weight is 468 g/mol. The first-order chi connectivity index (χ1) is 15.3. The third-order valence-electron chi connectivity index (χ3n) is 4.71. The molecule has 0 saturated heterocycles. The van der Waals surface area contributed by atoms with Crippen LogP contribution in [0.3, 0.4) is 0 Å². The van der Waals surface area contributed by atoms with Gasteiger partial charge >= 0.3 is 11.9 Å². The van der Waals surface area contributed by atoms with E-state index in [0.29, 0.717) is 33.0 Å². The van der Waals surface area contributed by atoms with Crippen molar-refractivity contribution in [2.24, 2.45) is 0 Å². The largest absolute Gasteiger partial charge is 0.478 e. The number of aromatic nitrogens is 1. The molecule has 8 heteroatoms. The topological polar surface area (TPSA) is 99.6 Å². The number of carbonyl (C=O) groups is 2. The quantitative estimate of drug-likeness (QED) is 0.277. The lowest BCUT2D eigenvalue weighted by atomic mass is 10.0. The standard InChI is InChI=1S/C24H15Cl2NO5/c25-14-10-19(26)21-18(22(24(30)31)27-20(21)11-14)12-17(23(28)29)13-5-4-8-16(9-13)32-15-6-2-1-3-7-15/h1-12,27H,(H,28,29)(H,30,31)/b17-12+. The molecule has 4 rings (SSSR count). The van der Waals surface area contributed by atoms with Crippen LogP contribution in [0.2, 0.25) is 10.0 Å². The van der Waals surface area contributed by atoms with E-state index in [0.717, 1.165) is 0 Å². The molecule has 0 atom stereocenters. The molecule has 3 aromatic carbocycles. The van der Waals surface area contributed by atoms with Gasteiger partial charge in [-0.1, -0.05) is 53.5 Å². The second-order valence-corrected chi connectivity index (χ2v) is 7.68. The maximum atomic E-state index is 12.1. The molecule has 0 spiro atoms. The minimum Gasteiger partial charge on any atom is -0.478 e. The predicted molar refractivity (Wildman–Crippen MR) is 124 cm³/mol. The number of rotatable bonds is 6. The summed E-state index contributed by atoms with van der Waals surface area (Å²) in [5.41, 5.74) is 0.539. The second-order valence-electron chi connectivity index (χ2n) is 6.84. The summed E-state index contributed by atoms with van der Waals surface area (Å²) in [6.45, 7) is 0. The molecule has 3 N–H and O–H groups in total. The van der Waals surface area contributed by atoms with E-state index in [-0.39, 0.29) is 21.9 Å². The van der Waals surface area contributed by atoms with Gasteiger partial charge < -0.3 is 19.9 Å². The predicted octanol–water partition coefficient (Wildman–Crippen LogP) is 6.59. The Labute approximate surface area is 192 Å². The van der Waals surface area contributed by atoms with Crippen molar-refractivity contribution < 1.29 is 24.5 Å². The van der Waals surface area contributed by atoms with Gasteiger partial charge in [-0.25, -0.2) is 9.59 Å². The van der Waals surface area contributed by atoms with Gasteiger partial charge in [-0.15, -0.1) is 0 Å². The molecule has 6 nitrogen and oxygen atoms in total. The van der Waals surface area contributed by atoms with Crippen molar-refractivity contribution >= 4 is 57.7 Å². The van der Waals surface area contributed by atoms with Crippen LogP contribution >= 0.6 is 23.2 Å². The SMILES string of the molecule is O=C(O)/C(=C/c1c(C(=O)O)[nH]c2cc(Cl)cc(Cl)c12)c1cccc(Oc2ccccc2)c1. The molecule has 0 aliphatic rings. The van der Waals surface area contributed by atoms with Gasteiger partial charge in [0.2, 0.25) is 0 Å². The van der Waals surface area contributed by atoms with Gasteiger partial charge in [-0.2, -0.15) is 0 Å². The van der Waals surface area contributed by atoms with E-state index in [1.165, 1.54) is 18.2 Å². The van der Waals surface area contributed by atoms with Gasteiger partial charge in [-0.3, -0.25) is 0 Å². The third-order valence-corrected chi connectivity index (χ3v) is 5.23. The number of H-pyrrole nitrogens is 1. The summed E-state index contributed by atoms with van der Waals surface area (Å²) in [4.78, 5) is 26.7. The van der Waals surface area contributed by atoms with Crippen molar-refractivity contribution in [2.45, 2.75) is 0 Å². The monoisotopic (exact) mass is 467 g/mol. The Hall–Kier alpha value is -3.74.